The standard InChI is InChI=1S/C11H18N2O2/c1-4-5-8-7-12-9(13-8)6-11(2,3)10(14)15/h7H,4-6H2,1-3H3,(H,12,13)(H,14,15). The fourth-order valence-corrected chi connectivity index (χ4v) is 1.39. The van der Waals surface area contributed by atoms with Gasteiger partial charge in [0.05, 0.1) is 5.41 Å². The maximum Gasteiger partial charge on any atom is 0.309 e. The zero-order valence-corrected chi connectivity index (χ0v) is 9.50. The fraction of sp³-hybridized carbons (Fsp3) is 0.636. The number of aromatic amines is 1. The van der Waals surface area contributed by atoms with E-state index in [2.05, 4.69) is 16.9 Å². The highest BCUT2D eigenvalue weighted by Crippen LogP contribution is 2.20. The second kappa shape index (κ2) is 4.47. The Morgan fingerprint density at radius 1 is 1.60 bits per heavy atom. The Morgan fingerprint density at radius 2 is 2.27 bits per heavy atom. The van der Waals surface area contributed by atoms with E-state index in [-0.39, 0.29) is 0 Å². The van der Waals surface area contributed by atoms with Gasteiger partial charge >= 0.3 is 5.97 Å². The van der Waals surface area contributed by atoms with E-state index in [1.165, 1.54) is 0 Å². The molecule has 2 N–H and O–H groups in total. The minimum Gasteiger partial charge on any atom is -0.481 e. The second-order valence-electron chi connectivity index (χ2n) is 4.47. The molecule has 0 fully saturated rings. The summed E-state index contributed by atoms with van der Waals surface area (Å²) in [7, 11) is 0. The molecule has 1 heterocycles. The predicted molar refractivity (Wildman–Crippen MR) is 57.7 cm³/mol. The van der Waals surface area contributed by atoms with Gasteiger partial charge in [0, 0.05) is 18.3 Å². The summed E-state index contributed by atoms with van der Waals surface area (Å²) in [6.45, 7) is 5.51. The molecule has 0 bridgehead atoms. The molecule has 0 saturated heterocycles. The summed E-state index contributed by atoms with van der Waals surface area (Å²) in [6.07, 6.45) is 4.24. The summed E-state index contributed by atoms with van der Waals surface area (Å²) in [5, 5.41) is 8.97. The SMILES string of the molecule is CCCc1cnc(CC(C)(C)C(=O)O)[nH]1. The summed E-state index contributed by atoms with van der Waals surface area (Å²) in [5.74, 6) is -0.0400. The van der Waals surface area contributed by atoms with Crippen LogP contribution in [0.25, 0.3) is 0 Å². The van der Waals surface area contributed by atoms with Crippen molar-refractivity contribution in [2.45, 2.75) is 40.0 Å². The van der Waals surface area contributed by atoms with Crippen LogP contribution < -0.4 is 0 Å². The van der Waals surface area contributed by atoms with Gasteiger partial charge in [-0.1, -0.05) is 13.3 Å². The quantitative estimate of drug-likeness (QED) is 0.781. The van der Waals surface area contributed by atoms with Gasteiger partial charge in [-0.3, -0.25) is 4.79 Å². The summed E-state index contributed by atoms with van der Waals surface area (Å²) >= 11 is 0. The van der Waals surface area contributed by atoms with E-state index in [1.54, 1.807) is 20.0 Å². The number of aliphatic carboxylic acids is 1. The lowest BCUT2D eigenvalue weighted by Crippen LogP contribution is -2.26. The average Bonchev–Trinajstić information content (AvgIpc) is 2.52. The molecular weight excluding hydrogens is 192 g/mol. The Kier molecular flexibility index (Phi) is 3.50. The Balaban J connectivity index is 2.68. The molecule has 1 rings (SSSR count). The van der Waals surface area contributed by atoms with Crippen LogP contribution in [0.4, 0.5) is 0 Å². The maximum atomic E-state index is 10.9. The number of aryl methyl sites for hydroxylation is 1. The molecule has 1 aromatic rings. The predicted octanol–water partition coefficient (Wildman–Crippen LogP) is 2.02. The zero-order valence-electron chi connectivity index (χ0n) is 9.50. The van der Waals surface area contributed by atoms with E-state index < -0.39 is 11.4 Å². The van der Waals surface area contributed by atoms with Gasteiger partial charge in [-0.25, -0.2) is 4.98 Å². The largest absolute Gasteiger partial charge is 0.481 e. The van der Waals surface area contributed by atoms with Crippen molar-refractivity contribution in [3.63, 3.8) is 0 Å². The minimum atomic E-state index is -0.795. The van der Waals surface area contributed by atoms with Gasteiger partial charge < -0.3 is 10.1 Å². The highest BCUT2D eigenvalue weighted by Gasteiger charge is 2.28. The lowest BCUT2D eigenvalue weighted by atomic mass is 9.89. The number of imidazole rings is 1. The van der Waals surface area contributed by atoms with Crippen LogP contribution in [0.1, 0.15) is 38.7 Å². The third-order valence-corrected chi connectivity index (χ3v) is 2.39. The first-order chi connectivity index (χ1) is 6.95. The normalized spacial score (nSPS) is 11.7. The number of carboxylic acids is 1. The topological polar surface area (TPSA) is 66.0 Å². The smallest absolute Gasteiger partial charge is 0.309 e. The molecule has 0 amide bonds. The van der Waals surface area contributed by atoms with Crippen LogP contribution in [0, 0.1) is 5.41 Å². The van der Waals surface area contributed by atoms with Gasteiger partial charge in [-0.15, -0.1) is 0 Å². The molecule has 0 atom stereocenters. The van der Waals surface area contributed by atoms with Crippen LogP contribution in [-0.4, -0.2) is 21.0 Å². The van der Waals surface area contributed by atoms with Gasteiger partial charge in [-0.2, -0.15) is 0 Å². The highest BCUT2D eigenvalue weighted by atomic mass is 16.4. The fourth-order valence-electron chi connectivity index (χ4n) is 1.39. The number of hydrogen-bond acceptors (Lipinski definition) is 2. The van der Waals surface area contributed by atoms with E-state index in [0.29, 0.717) is 6.42 Å². The molecule has 0 aliphatic heterocycles. The highest BCUT2D eigenvalue weighted by molar-refractivity contribution is 5.73. The molecule has 84 valence electrons. The third kappa shape index (κ3) is 3.08. The number of nitrogens with zero attached hydrogens (tertiary/aromatic N) is 1. The number of hydrogen-bond donors (Lipinski definition) is 2. The number of nitrogens with one attached hydrogen (secondary N) is 1. The third-order valence-electron chi connectivity index (χ3n) is 2.39. The van der Waals surface area contributed by atoms with E-state index in [4.69, 9.17) is 5.11 Å². The molecule has 0 spiro atoms. The van der Waals surface area contributed by atoms with Crippen LogP contribution in [0.5, 0.6) is 0 Å². The van der Waals surface area contributed by atoms with Crippen molar-refractivity contribution >= 4 is 5.97 Å². The summed E-state index contributed by atoms with van der Waals surface area (Å²) in [6, 6.07) is 0. The molecule has 0 aliphatic rings. The maximum absolute atomic E-state index is 10.9. The molecule has 15 heavy (non-hydrogen) atoms. The molecule has 4 nitrogen and oxygen atoms in total. The van der Waals surface area contributed by atoms with Crippen molar-refractivity contribution in [3.05, 3.63) is 17.7 Å². The molecule has 0 saturated carbocycles. The van der Waals surface area contributed by atoms with Crippen molar-refractivity contribution in [1.29, 1.82) is 0 Å². The Morgan fingerprint density at radius 3 is 2.80 bits per heavy atom. The van der Waals surface area contributed by atoms with Gasteiger partial charge in [0.25, 0.3) is 0 Å². The Labute approximate surface area is 89.7 Å². The molecule has 1 aromatic heterocycles. The molecule has 0 unspecified atom stereocenters. The van der Waals surface area contributed by atoms with Crippen molar-refractivity contribution < 1.29 is 9.90 Å². The summed E-state index contributed by atoms with van der Waals surface area (Å²) in [5.41, 5.74) is 0.315. The molecule has 4 heteroatoms. The number of aromatic nitrogens is 2. The number of carboxylic acid groups (broad SMARTS) is 1. The molecule has 0 radical (unpaired) electrons. The second-order valence-corrected chi connectivity index (χ2v) is 4.47. The Hall–Kier alpha value is -1.32. The molecular formula is C11H18N2O2. The Bertz CT molecular complexity index is 342. The van der Waals surface area contributed by atoms with Crippen molar-refractivity contribution in [1.82, 2.24) is 9.97 Å². The van der Waals surface area contributed by atoms with Gasteiger partial charge in [0.1, 0.15) is 5.82 Å². The minimum absolute atomic E-state index is 0.437. The van der Waals surface area contributed by atoms with Crippen molar-refractivity contribution in [3.8, 4) is 0 Å². The van der Waals surface area contributed by atoms with Gasteiger partial charge in [-0.05, 0) is 20.3 Å². The molecule has 0 aliphatic carbocycles. The van der Waals surface area contributed by atoms with Crippen LogP contribution in [0.2, 0.25) is 0 Å². The summed E-state index contributed by atoms with van der Waals surface area (Å²) in [4.78, 5) is 18.3. The first-order valence-electron chi connectivity index (χ1n) is 5.22. The van der Waals surface area contributed by atoms with Crippen LogP contribution in [0.15, 0.2) is 6.20 Å². The number of rotatable bonds is 5. The molecule has 0 aromatic carbocycles. The lowest BCUT2D eigenvalue weighted by Gasteiger charge is -2.16. The van der Waals surface area contributed by atoms with Crippen LogP contribution >= 0.6 is 0 Å². The van der Waals surface area contributed by atoms with E-state index in [1.807, 2.05) is 0 Å². The van der Waals surface area contributed by atoms with Gasteiger partial charge in [0.15, 0.2) is 0 Å². The zero-order chi connectivity index (χ0) is 11.5. The van der Waals surface area contributed by atoms with Crippen molar-refractivity contribution in [2.75, 3.05) is 0 Å². The number of carbonyl (C=O) groups is 1. The van der Waals surface area contributed by atoms with E-state index in [0.717, 1.165) is 24.4 Å². The van der Waals surface area contributed by atoms with E-state index >= 15 is 0 Å². The monoisotopic (exact) mass is 210 g/mol. The van der Waals surface area contributed by atoms with Crippen molar-refractivity contribution in [2.24, 2.45) is 5.41 Å². The van der Waals surface area contributed by atoms with Gasteiger partial charge in [0.2, 0.25) is 0 Å². The van der Waals surface area contributed by atoms with Crippen LogP contribution in [-0.2, 0) is 17.6 Å². The first-order valence-corrected chi connectivity index (χ1v) is 5.22. The van der Waals surface area contributed by atoms with Crippen LogP contribution in [0.3, 0.4) is 0 Å². The summed E-state index contributed by atoms with van der Waals surface area (Å²) < 4.78 is 0. The lowest BCUT2D eigenvalue weighted by molar-refractivity contribution is -0.146. The number of H-pyrrole nitrogens is 1. The average molecular weight is 210 g/mol. The van der Waals surface area contributed by atoms with E-state index in [9.17, 15) is 4.79 Å². The first kappa shape index (κ1) is 11.8.